The minimum absolute atomic E-state index is 0.0468. The van der Waals surface area contributed by atoms with Crippen LogP contribution in [0, 0.1) is 0 Å². The van der Waals surface area contributed by atoms with E-state index in [0.717, 1.165) is 42.7 Å². The standard InChI is InChI=1S/C28H37Cl2N3O5S/c1-4-26(28(35)31-20-10-7-6-8-11-20)32(18-23-24(29)12-9-13-25(23)30)27(34)19-33(39(3,36)37)21-14-16-22(17-15-21)38-5-2/h9,12-17,20,26H,4-8,10-11,18-19H2,1-3H3,(H,31,35). The minimum Gasteiger partial charge on any atom is -0.494 e. The van der Waals surface area contributed by atoms with Gasteiger partial charge in [0.2, 0.25) is 21.8 Å². The van der Waals surface area contributed by atoms with Crippen LogP contribution in [0.25, 0.3) is 0 Å². The van der Waals surface area contributed by atoms with Crippen molar-refractivity contribution >= 4 is 50.7 Å². The van der Waals surface area contributed by atoms with E-state index in [2.05, 4.69) is 5.32 Å². The Kier molecular flexibility index (Phi) is 11.3. The van der Waals surface area contributed by atoms with E-state index in [1.165, 1.54) is 4.90 Å². The fourth-order valence-electron chi connectivity index (χ4n) is 4.81. The summed E-state index contributed by atoms with van der Waals surface area (Å²) in [5.74, 6) is -0.231. The summed E-state index contributed by atoms with van der Waals surface area (Å²) in [6.07, 6.45) is 6.40. The molecule has 11 heteroatoms. The van der Waals surface area contributed by atoms with Crippen LogP contribution in [0.1, 0.15) is 57.9 Å². The van der Waals surface area contributed by atoms with E-state index in [4.69, 9.17) is 27.9 Å². The third-order valence-corrected chi connectivity index (χ3v) is 8.69. The van der Waals surface area contributed by atoms with E-state index in [1.807, 2.05) is 13.8 Å². The number of nitrogens with zero attached hydrogens (tertiary/aromatic N) is 2. The molecule has 1 unspecified atom stereocenters. The molecule has 0 radical (unpaired) electrons. The number of anilines is 1. The van der Waals surface area contributed by atoms with Gasteiger partial charge in [-0.05, 0) is 62.6 Å². The molecule has 1 aliphatic carbocycles. The van der Waals surface area contributed by atoms with Crippen LogP contribution in [0.2, 0.25) is 10.0 Å². The Balaban J connectivity index is 1.94. The average molecular weight is 599 g/mol. The number of carbonyl (C=O) groups is 2. The molecule has 1 aliphatic rings. The second kappa shape index (κ2) is 14.2. The summed E-state index contributed by atoms with van der Waals surface area (Å²) in [6.45, 7) is 3.59. The maximum atomic E-state index is 13.9. The summed E-state index contributed by atoms with van der Waals surface area (Å²) in [6, 6.07) is 10.7. The van der Waals surface area contributed by atoms with Gasteiger partial charge in [-0.15, -0.1) is 0 Å². The Morgan fingerprint density at radius 3 is 2.18 bits per heavy atom. The predicted molar refractivity (Wildman–Crippen MR) is 156 cm³/mol. The topological polar surface area (TPSA) is 96.0 Å². The van der Waals surface area contributed by atoms with Crippen LogP contribution in [0.3, 0.4) is 0 Å². The molecule has 1 saturated carbocycles. The van der Waals surface area contributed by atoms with E-state index in [-0.39, 0.29) is 18.5 Å². The number of ether oxygens (including phenoxy) is 1. The molecule has 0 aromatic heterocycles. The van der Waals surface area contributed by atoms with Crippen LogP contribution in [-0.4, -0.2) is 56.6 Å². The van der Waals surface area contributed by atoms with Crippen LogP contribution in [0.15, 0.2) is 42.5 Å². The zero-order valence-corrected chi connectivity index (χ0v) is 25.0. The number of hydrogen-bond acceptors (Lipinski definition) is 5. The molecule has 8 nitrogen and oxygen atoms in total. The number of halogens is 2. The van der Waals surface area contributed by atoms with Crippen molar-refractivity contribution in [2.75, 3.05) is 23.7 Å². The summed E-state index contributed by atoms with van der Waals surface area (Å²) in [4.78, 5) is 28.8. The van der Waals surface area contributed by atoms with Gasteiger partial charge in [-0.1, -0.05) is 55.5 Å². The second-order valence-electron chi connectivity index (χ2n) is 9.69. The lowest BCUT2D eigenvalue weighted by atomic mass is 9.95. The highest BCUT2D eigenvalue weighted by molar-refractivity contribution is 7.92. The molecule has 0 saturated heterocycles. The number of benzene rings is 2. The fraction of sp³-hybridized carbons (Fsp3) is 0.500. The smallest absolute Gasteiger partial charge is 0.244 e. The van der Waals surface area contributed by atoms with E-state index < -0.39 is 28.5 Å². The zero-order valence-electron chi connectivity index (χ0n) is 22.7. The second-order valence-corrected chi connectivity index (χ2v) is 12.4. The van der Waals surface area contributed by atoms with Crippen molar-refractivity contribution in [3.63, 3.8) is 0 Å². The SMILES string of the molecule is CCOc1ccc(N(CC(=O)N(Cc2c(Cl)cccc2Cl)C(CC)C(=O)NC2CCCCC2)S(C)(=O)=O)cc1. The first-order chi connectivity index (χ1) is 18.5. The van der Waals surface area contributed by atoms with Gasteiger partial charge in [-0.2, -0.15) is 0 Å². The van der Waals surface area contributed by atoms with Crippen molar-refractivity contribution in [2.24, 2.45) is 0 Å². The van der Waals surface area contributed by atoms with Crippen molar-refractivity contribution < 1.29 is 22.7 Å². The molecule has 3 rings (SSSR count). The van der Waals surface area contributed by atoms with Gasteiger partial charge in [-0.3, -0.25) is 13.9 Å². The summed E-state index contributed by atoms with van der Waals surface area (Å²) in [7, 11) is -3.84. The van der Waals surface area contributed by atoms with E-state index >= 15 is 0 Å². The minimum atomic E-state index is -3.84. The maximum Gasteiger partial charge on any atom is 0.244 e. The molecular formula is C28H37Cl2N3O5S. The van der Waals surface area contributed by atoms with Crippen LogP contribution in [0.4, 0.5) is 5.69 Å². The summed E-state index contributed by atoms with van der Waals surface area (Å²) < 4.78 is 32.1. The predicted octanol–water partition coefficient (Wildman–Crippen LogP) is 5.41. The van der Waals surface area contributed by atoms with Crippen LogP contribution in [-0.2, 0) is 26.2 Å². The lowest BCUT2D eigenvalue weighted by Crippen LogP contribution is -2.54. The molecule has 39 heavy (non-hydrogen) atoms. The first-order valence-electron chi connectivity index (χ1n) is 13.3. The lowest BCUT2D eigenvalue weighted by molar-refractivity contribution is -0.140. The molecular weight excluding hydrogens is 561 g/mol. The molecule has 214 valence electrons. The van der Waals surface area contributed by atoms with Crippen LogP contribution >= 0.6 is 23.2 Å². The number of nitrogens with one attached hydrogen (secondary N) is 1. The molecule has 1 atom stereocenters. The van der Waals surface area contributed by atoms with Crippen molar-refractivity contribution in [1.29, 1.82) is 0 Å². The third kappa shape index (κ3) is 8.50. The monoisotopic (exact) mass is 597 g/mol. The van der Waals surface area contributed by atoms with Crippen molar-refractivity contribution in [3.05, 3.63) is 58.1 Å². The van der Waals surface area contributed by atoms with Crippen LogP contribution < -0.4 is 14.4 Å². The Labute approximate surface area is 241 Å². The number of rotatable bonds is 12. The molecule has 0 bridgehead atoms. The summed E-state index contributed by atoms with van der Waals surface area (Å²) in [5.41, 5.74) is 0.801. The largest absolute Gasteiger partial charge is 0.494 e. The van der Waals surface area contributed by atoms with Gasteiger partial charge in [0, 0.05) is 28.2 Å². The number of carbonyl (C=O) groups excluding carboxylic acids is 2. The van der Waals surface area contributed by atoms with Gasteiger partial charge in [0.1, 0.15) is 18.3 Å². The Morgan fingerprint density at radius 2 is 1.64 bits per heavy atom. The van der Waals surface area contributed by atoms with E-state index in [1.54, 1.807) is 42.5 Å². The van der Waals surface area contributed by atoms with E-state index in [9.17, 15) is 18.0 Å². The van der Waals surface area contributed by atoms with Crippen LogP contribution in [0.5, 0.6) is 5.75 Å². The first-order valence-corrected chi connectivity index (χ1v) is 15.9. The highest BCUT2D eigenvalue weighted by atomic mass is 35.5. The molecule has 0 heterocycles. The molecule has 1 N–H and O–H groups in total. The Bertz CT molecular complexity index is 1210. The van der Waals surface area contributed by atoms with Gasteiger partial charge < -0.3 is 15.0 Å². The lowest BCUT2D eigenvalue weighted by Gasteiger charge is -2.34. The zero-order chi connectivity index (χ0) is 28.6. The van der Waals surface area contributed by atoms with Gasteiger partial charge in [0.05, 0.1) is 18.6 Å². The molecule has 2 aromatic rings. The van der Waals surface area contributed by atoms with Gasteiger partial charge >= 0.3 is 0 Å². The van der Waals surface area contributed by atoms with Gasteiger partial charge in [0.15, 0.2) is 0 Å². The first kappa shape index (κ1) is 31.0. The van der Waals surface area contributed by atoms with Crippen molar-refractivity contribution in [2.45, 2.75) is 71.0 Å². The molecule has 0 aliphatic heterocycles. The maximum absolute atomic E-state index is 13.9. The van der Waals surface area contributed by atoms with E-state index in [0.29, 0.717) is 40.1 Å². The summed E-state index contributed by atoms with van der Waals surface area (Å²) in [5, 5.41) is 3.82. The highest BCUT2D eigenvalue weighted by Crippen LogP contribution is 2.28. The highest BCUT2D eigenvalue weighted by Gasteiger charge is 2.33. The Morgan fingerprint density at radius 1 is 1.03 bits per heavy atom. The average Bonchev–Trinajstić information content (AvgIpc) is 2.89. The van der Waals surface area contributed by atoms with Crippen molar-refractivity contribution in [3.8, 4) is 5.75 Å². The quantitative estimate of drug-likeness (QED) is 0.352. The Hall–Kier alpha value is -2.49. The fourth-order valence-corrected chi connectivity index (χ4v) is 6.17. The number of hydrogen-bond donors (Lipinski definition) is 1. The van der Waals surface area contributed by atoms with Crippen molar-refractivity contribution in [1.82, 2.24) is 10.2 Å². The molecule has 2 amide bonds. The summed E-state index contributed by atoms with van der Waals surface area (Å²) >= 11 is 12.9. The molecule has 1 fully saturated rings. The van der Waals surface area contributed by atoms with Gasteiger partial charge in [0.25, 0.3) is 0 Å². The number of amides is 2. The third-order valence-electron chi connectivity index (χ3n) is 6.84. The number of sulfonamides is 1. The molecule has 0 spiro atoms. The normalized spacial score (nSPS) is 14.9. The molecule has 2 aromatic carbocycles. The van der Waals surface area contributed by atoms with Gasteiger partial charge in [-0.25, -0.2) is 8.42 Å².